The summed E-state index contributed by atoms with van der Waals surface area (Å²) in [6.45, 7) is 8.14. The van der Waals surface area contributed by atoms with Gasteiger partial charge in [0.05, 0.1) is 5.41 Å². The monoisotopic (exact) mass is 270 g/mol. The standard InChI is InChI=1S/C14H26N2O3/c1-11-8-16(9-12(2)15(11)3)10-14(13(17)18)4-6-19-7-5-14/h11-12H,4-10H2,1-3H3,(H,17,18). The van der Waals surface area contributed by atoms with E-state index in [-0.39, 0.29) is 0 Å². The van der Waals surface area contributed by atoms with Gasteiger partial charge in [-0.15, -0.1) is 0 Å². The molecule has 2 aliphatic rings. The summed E-state index contributed by atoms with van der Waals surface area (Å²) >= 11 is 0. The van der Waals surface area contributed by atoms with Gasteiger partial charge < -0.3 is 9.84 Å². The van der Waals surface area contributed by atoms with Crippen LogP contribution in [0.15, 0.2) is 0 Å². The van der Waals surface area contributed by atoms with E-state index in [0.29, 0.717) is 44.7 Å². The van der Waals surface area contributed by atoms with Crippen molar-refractivity contribution in [2.45, 2.75) is 38.8 Å². The third kappa shape index (κ3) is 3.09. The number of hydrogen-bond donors (Lipinski definition) is 1. The van der Waals surface area contributed by atoms with Crippen molar-refractivity contribution in [3.05, 3.63) is 0 Å². The van der Waals surface area contributed by atoms with E-state index in [1.165, 1.54) is 0 Å². The first-order chi connectivity index (χ1) is 8.94. The average molecular weight is 270 g/mol. The van der Waals surface area contributed by atoms with E-state index >= 15 is 0 Å². The first-order valence-electron chi connectivity index (χ1n) is 7.20. The summed E-state index contributed by atoms with van der Waals surface area (Å²) in [5, 5.41) is 9.61. The Balaban J connectivity index is 2.03. The van der Waals surface area contributed by atoms with Crippen molar-refractivity contribution >= 4 is 5.97 Å². The number of likely N-dealkylation sites (N-methyl/N-ethyl adjacent to an activating group) is 1. The van der Waals surface area contributed by atoms with Crippen LogP contribution in [0.1, 0.15) is 26.7 Å². The van der Waals surface area contributed by atoms with Crippen LogP contribution >= 0.6 is 0 Å². The Morgan fingerprint density at radius 3 is 2.26 bits per heavy atom. The summed E-state index contributed by atoms with van der Waals surface area (Å²) in [6.07, 6.45) is 1.27. The highest BCUT2D eigenvalue weighted by Gasteiger charge is 2.42. The Morgan fingerprint density at radius 1 is 1.26 bits per heavy atom. The molecule has 0 amide bonds. The zero-order valence-electron chi connectivity index (χ0n) is 12.3. The highest BCUT2D eigenvalue weighted by molar-refractivity contribution is 5.75. The predicted octanol–water partition coefficient (Wildman–Crippen LogP) is 0.892. The summed E-state index contributed by atoms with van der Waals surface area (Å²) < 4.78 is 5.33. The number of ether oxygens (including phenoxy) is 1. The highest BCUT2D eigenvalue weighted by Crippen LogP contribution is 2.33. The summed E-state index contributed by atoms with van der Waals surface area (Å²) in [5.74, 6) is -0.657. The molecule has 0 bridgehead atoms. The fraction of sp³-hybridized carbons (Fsp3) is 0.929. The molecular weight excluding hydrogens is 244 g/mol. The third-order valence-electron chi connectivity index (χ3n) is 4.87. The molecule has 1 N–H and O–H groups in total. The number of carboxylic acids is 1. The van der Waals surface area contributed by atoms with Gasteiger partial charge in [0.15, 0.2) is 0 Å². The summed E-state index contributed by atoms with van der Waals surface area (Å²) in [6, 6.07) is 0.962. The van der Waals surface area contributed by atoms with E-state index in [2.05, 4.69) is 30.7 Å². The van der Waals surface area contributed by atoms with Crippen molar-refractivity contribution in [2.24, 2.45) is 5.41 Å². The Bertz CT molecular complexity index is 317. The summed E-state index contributed by atoms with van der Waals surface area (Å²) in [7, 11) is 2.15. The van der Waals surface area contributed by atoms with Crippen molar-refractivity contribution in [2.75, 3.05) is 39.9 Å². The molecule has 5 nitrogen and oxygen atoms in total. The fourth-order valence-electron chi connectivity index (χ4n) is 3.27. The van der Waals surface area contributed by atoms with Gasteiger partial charge in [0.1, 0.15) is 0 Å². The van der Waals surface area contributed by atoms with Gasteiger partial charge in [-0.25, -0.2) is 0 Å². The fourth-order valence-corrected chi connectivity index (χ4v) is 3.27. The van der Waals surface area contributed by atoms with E-state index in [0.717, 1.165) is 13.1 Å². The molecule has 2 unspecified atom stereocenters. The van der Waals surface area contributed by atoms with Crippen molar-refractivity contribution in [3.8, 4) is 0 Å². The Hall–Kier alpha value is -0.650. The smallest absolute Gasteiger partial charge is 0.311 e. The molecule has 0 saturated carbocycles. The minimum atomic E-state index is -0.657. The minimum absolute atomic E-state index is 0.481. The van der Waals surface area contributed by atoms with Crippen LogP contribution < -0.4 is 0 Å². The lowest BCUT2D eigenvalue weighted by Gasteiger charge is -2.46. The first-order valence-corrected chi connectivity index (χ1v) is 7.20. The van der Waals surface area contributed by atoms with Crippen LogP contribution in [0, 0.1) is 5.41 Å². The minimum Gasteiger partial charge on any atom is -0.481 e. The van der Waals surface area contributed by atoms with Crippen LogP contribution in [0.3, 0.4) is 0 Å². The normalized spacial score (nSPS) is 33.2. The molecule has 2 heterocycles. The number of rotatable bonds is 3. The third-order valence-corrected chi connectivity index (χ3v) is 4.87. The second-order valence-corrected chi connectivity index (χ2v) is 6.26. The number of carboxylic acid groups (broad SMARTS) is 1. The van der Waals surface area contributed by atoms with Gasteiger partial charge in [-0.05, 0) is 33.7 Å². The zero-order chi connectivity index (χ0) is 14.0. The maximum Gasteiger partial charge on any atom is 0.311 e. The maximum absolute atomic E-state index is 11.7. The van der Waals surface area contributed by atoms with E-state index < -0.39 is 11.4 Å². The molecule has 110 valence electrons. The summed E-state index contributed by atoms with van der Waals surface area (Å²) in [4.78, 5) is 16.4. The lowest BCUT2D eigenvalue weighted by Crippen LogP contribution is -2.58. The van der Waals surface area contributed by atoms with Crippen LogP contribution in [-0.2, 0) is 9.53 Å². The van der Waals surface area contributed by atoms with Gasteiger partial charge in [-0.2, -0.15) is 0 Å². The van der Waals surface area contributed by atoms with Gasteiger partial charge in [0.25, 0.3) is 0 Å². The number of aliphatic carboxylic acids is 1. The van der Waals surface area contributed by atoms with Crippen LogP contribution in [0.4, 0.5) is 0 Å². The number of carbonyl (C=O) groups is 1. The lowest BCUT2D eigenvalue weighted by molar-refractivity contribution is -0.157. The average Bonchev–Trinajstić information content (AvgIpc) is 2.37. The zero-order valence-corrected chi connectivity index (χ0v) is 12.3. The van der Waals surface area contributed by atoms with Crippen LogP contribution in [0.2, 0.25) is 0 Å². The molecule has 5 heteroatoms. The molecule has 0 aromatic rings. The Kier molecular flexibility index (Phi) is 4.48. The van der Waals surface area contributed by atoms with Gasteiger partial charge >= 0.3 is 5.97 Å². The molecule has 0 radical (unpaired) electrons. The van der Waals surface area contributed by atoms with Crippen molar-refractivity contribution in [1.82, 2.24) is 9.80 Å². The molecular formula is C14H26N2O3. The van der Waals surface area contributed by atoms with Gasteiger partial charge in [-0.1, -0.05) is 0 Å². The molecule has 0 aromatic heterocycles. The molecule has 2 aliphatic heterocycles. The quantitative estimate of drug-likeness (QED) is 0.825. The van der Waals surface area contributed by atoms with Gasteiger partial charge in [-0.3, -0.25) is 14.6 Å². The Labute approximate surface area is 115 Å². The second kappa shape index (κ2) is 5.77. The van der Waals surface area contributed by atoms with E-state index in [9.17, 15) is 9.90 Å². The molecule has 2 saturated heterocycles. The highest BCUT2D eigenvalue weighted by atomic mass is 16.5. The topological polar surface area (TPSA) is 53.0 Å². The van der Waals surface area contributed by atoms with Crippen molar-refractivity contribution in [1.29, 1.82) is 0 Å². The van der Waals surface area contributed by atoms with Gasteiger partial charge in [0.2, 0.25) is 0 Å². The van der Waals surface area contributed by atoms with Gasteiger partial charge in [0, 0.05) is 44.9 Å². The lowest BCUT2D eigenvalue weighted by atomic mass is 9.79. The van der Waals surface area contributed by atoms with Crippen LogP contribution in [0.5, 0.6) is 0 Å². The molecule has 2 atom stereocenters. The van der Waals surface area contributed by atoms with E-state index in [4.69, 9.17) is 4.74 Å². The van der Waals surface area contributed by atoms with Crippen molar-refractivity contribution < 1.29 is 14.6 Å². The largest absolute Gasteiger partial charge is 0.481 e. The molecule has 0 spiro atoms. The predicted molar refractivity (Wildman–Crippen MR) is 73.2 cm³/mol. The van der Waals surface area contributed by atoms with E-state index in [1.54, 1.807) is 0 Å². The van der Waals surface area contributed by atoms with Crippen molar-refractivity contribution in [3.63, 3.8) is 0 Å². The number of nitrogens with zero attached hydrogens (tertiary/aromatic N) is 2. The molecule has 0 aromatic carbocycles. The molecule has 2 fully saturated rings. The van der Waals surface area contributed by atoms with Crippen LogP contribution in [0.25, 0.3) is 0 Å². The second-order valence-electron chi connectivity index (χ2n) is 6.26. The number of hydrogen-bond acceptors (Lipinski definition) is 4. The molecule has 2 rings (SSSR count). The summed E-state index contributed by atoms with van der Waals surface area (Å²) in [5.41, 5.74) is -0.604. The van der Waals surface area contributed by atoms with Crippen LogP contribution in [-0.4, -0.2) is 72.9 Å². The maximum atomic E-state index is 11.7. The Morgan fingerprint density at radius 2 is 1.79 bits per heavy atom. The number of piperazine rings is 1. The molecule has 0 aliphatic carbocycles. The SMILES string of the molecule is CC1CN(CC2(C(=O)O)CCOCC2)CC(C)N1C. The molecule has 19 heavy (non-hydrogen) atoms. The first kappa shape index (κ1) is 14.8. The van der Waals surface area contributed by atoms with E-state index in [1.807, 2.05) is 0 Å².